The van der Waals surface area contributed by atoms with Gasteiger partial charge in [0.15, 0.2) is 0 Å². The molecule has 0 amide bonds. The van der Waals surface area contributed by atoms with E-state index >= 15 is 0 Å². The average molecular weight is 154 g/mol. The Bertz CT molecular complexity index is 218. The Balaban J connectivity index is 2.78. The van der Waals surface area contributed by atoms with E-state index in [1.165, 1.54) is 0 Å². The van der Waals surface area contributed by atoms with Crippen LogP contribution in [-0.2, 0) is 6.54 Å². The minimum atomic E-state index is 0.417. The Morgan fingerprint density at radius 2 is 2.36 bits per heavy atom. The summed E-state index contributed by atoms with van der Waals surface area (Å²) in [6.07, 6.45) is 1.77. The number of hydrogen-bond donors (Lipinski definition) is 1. The molecule has 0 saturated carbocycles. The molecule has 11 heavy (non-hydrogen) atoms. The summed E-state index contributed by atoms with van der Waals surface area (Å²) < 4.78 is 5.09. The molecule has 1 rings (SSSR count). The van der Waals surface area contributed by atoms with E-state index < -0.39 is 0 Å². The van der Waals surface area contributed by atoms with Crippen molar-refractivity contribution in [1.29, 1.82) is 0 Å². The standard InChI is InChI=1S/C8H14N2O/c1-6(2)8-7(4-9-3)5-10-11-8/h5-6,9H,4H2,1-3H3. The second kappa shape index (κ2) is 3.53. The first-order chi connectivity index (χ1) is 5.25. The molecule has 0 bridgehead atoms. The Labute approximate surface area is 66.8 Å². The van der Waals surface area contributed by atoms with Gasteiger partial charge in [-0.15, -0.1) is 0 Å². The lowest BCUT2D eigenvalue weighted by atomic mass is 10.1. The molecule has 3 heteroatoms. The average Bonchev–Trinajstić information content (AvgIpc) is 2.36. The summed E-state index contributed by atoms with van der Waals surface area (Å²) in [4.78, 5) is 0. The van der Waals surface area contributed by atoms with Gasteiger partial charge in [0.2, 0.25) is 0 Å². The maximum Gasteiger partial charge on any atom is 0.143 e. The van der Waals surface area contributed by atoms with Crippen molar-refractivity contribution in [2.75, 3.05) is 7.05 Å². The van der Waals surface area contributed by atoms with Gasteiger partial charge >= 0.3 is 0 Å². The molecule has 1 heterocycles. The molecular weight excluding hydrogens is 140 g/mol. The zero-order valence-corrected chi connectivity index (χ0v) is 7.22. The quantitative estimate of drug-likeness (QED) is 0.717. The summed E-state index contributed by atoms with van der Waals surface area (Å²) in [6.45, 7) is 5.02. The lowest BCUT2D eigenvalue weighted by molar-refractivity contribution is 0.369. The second-order valence-corrected chi connectivity index (χ2v) is 2.90. The van der Waals surface area contributed by atoms with Crippen molar-refractivity contribution < 1.29 is 4.52 Å². The van der Waals surface area contributed by atoms with Crippen LogP contribution in [0.5, 0.6) is 0 Å². The molecule has 1 N–H and O–H groups in total. The van der Waals surface area contributed by atoms with Crippen LogP contribution in [0, 0.1) is 0 Å². The largest absolute Gasteiger partial charge is 0.361 e. The summed E-state index contributed by atoms with van der Waals surface area (Å²) in [5.41, 5.74) is 1.16. The van der Waals surface area contributed by atoms with E-state index in [0.29, 0.717) is 5.92 Å². The fourth-order valence-electron chi connectivity index (χ4n) is 1.07. The molecule has 0 unspecified atom stereocenters. The predicted molar refractivity (Wildman–Crippen MR) is 43.4 cm³/mol. The maximum absolute atomic E-state index is 5.09. The highest BCUT2D eigenvalue weighted by Crippen LogP contribution is 2.18. The van der Waals surface area contributed by atoms with E-state index in [9.17, 15) is 0 Å². The topological polar surface area (TPSA) is 38.1 Å². The molecule has 1 aromatic rings. The molecule has 0 spiro atoms. The highest BCUT2D eigenvalue weighted by Gasteiger charge is 2.10. The van der Waals surface area contributed by atoms with Crippen LogP contribution >= 0.6 is 0 Å². The van der Waals surface area contributed by atoms with Gasteiger partial charge in [0.1, 0.15) is 5.76 Å². The fourth-order valence-corrected chi connectivity index (χ4v) is 1.07. The highest BCUT2D eigenvalue weighted by atomic mass is 16.5. The van der Waals surface area contributed by atoms with Crippen molar-refractivity contribution in [3.63, 3.8) is 0 Å². The van der Waals surface area contributed by atoms with Crippen LogP contribution in [0.25, 0.3) is 0 Å². The van der Waals surface area contributed by atoms with Crippen LogP contribution in [-0.4, -0.2) is 12.2 Å². The van der Waals surface area contributed by atoms with Crippen LogP contribution in [0.3, 0.4) is 0 Å². The Morgan fingerprint density at radius 3 is 2.91 bits per heavy atom. The van der Waals surface area contributed by atoms with Gasteiger partial charge in [-0.05, 0) is 7.05 Å². The molecular formula is C8H14N2O. The molecule has 3 nitrogen and oxygen atoms in total. The van der Waals surface area contributed by atoms with Crippen molar-refractivity contribution in [2.45, 2.75) is 26.3 Å². The predicted octanol–water partition coefficient (Wildman–Crippen LogP) is 1.52. The van der Waals surface area contributed by atoms with Crippen molar-refractivity contribution in [2.24, 2.45) is 0 Å². The molecule has 1 aromatic heterocycles. The number of aromatic nitrogens is 1. The third kappa shape index (κ3) is 1.80. The molecule has 0 aromatic carbocycles. The normalized spacial score (nSPS) is 10.9. The Kier molecular flexibility index (Phi) is 2.65. The lowest BCUT2D eigenvalue weighted by Gasteiger charge is -2.01. The van der Waals surface area contributed by atoms with Gasteiger partial charge in [-0.1, -0.05) is 19.0 Å². The molecule has 0 fully saturated rings. The third-order valence-electron chi connectivity index (χ3n) is 1.57. The summed E-state index contributed by atoms with van der Waals surface area (Å²) in [5.74, 6) is 1.40. The first kappa shape index (κ1) is 8.27. The number of nitrogens with zero attached hydrogens (tertiary/aromatic N) is 1. The summed E-state index contributed by atoms with van der Waals surface area (Å²) in [7, 11) is 1.91. The third-order valence-corrected chi connectivity index (χ3v) is 1.57. The van der Waals surface area contributed by atoms with Crippen LogP contribution < -0.4 is 5.32 Å². The molecule has 0 saturated heterocycles. The first-order valence-electron chi connectivity index (χ1n) is 3.83. The van der Waals surface area contributed by atoms with Crippen molar-refractivity contribution in [3.8, 4) is 0 Å². The van der Waals surface area contributed by atoms with Gasteiger partial charge in [0, 0.05) is 18.0 Å². The molecule has 0 aliphatic carbocycles. The highest BCUT2D eigenvalue weighted by molar-refractivity contribution is 5.15. The number of nitrogens with one attached hydrogen (secondary N) is 1. The summed E-state index contributed by atoms with van der Waals surface area (Å²) in [5, 5.41) is 6.81. The van der Waals surface area contributed by atoms with Gasteiger partial charge in [-0.2, -0.15) is 0 Å². The van der Waals surface area contributed by atoms with E-state index in [0.717, 1.165) is 17.9 Å². The van der Waals surface area contributed by atoms with Crippen molar-refractivity contribution >= 4 is 0 Å². The van der Waals surface area contributed by atoms with E-state index in [1.807, 2.05) is 7.05 Å². The van der Waals surface area contributed by atoms with E-state index in [1.54, 1.807) is 6.20 Å². The van der Waals surface area contributed by atoms with Crippen LogP contribution in [0.1, 0.15) is 31.1 Å². The Hall–Kier alpha value is -0.830. The van der Waals surface area contributed by atoms with Crippen molar-refractivity contribution in [1.82, 2.24) is 10.5 Å². The molecule has 62 valence electrons. The van der Waals surface area contributed by atoms with Gasteiger partial charge in [-0.25, -0.2) is 0 Å². The minimum Gasteiger partial charge on any atom is -0.361 e. The van der Waals surface area contributed by atoms with Gasteiger partial charge in [0.05, 0.1) is 6.20 Å². The fraction of sp³-hybridized carbons (Fsp3) is 0.625. The number of rotatable bonds is 3. The summed E-state index contributed by atoms with van der Waals surface area (Å²) in [6, 6.07) is 0. The molecule has 0 radical (unpaired) electrons. The first-order valence-corrected chi connectivity index (χ1v) is 3.83. The molecule has 0 aliphatic rings. The second-order valence-electron chi connectivity index (χ2n) is 2.90. The maximum atomic E-state index is 5.09. The number of hydrogen-bond acceptors (Lipinski definition) is 3. The summed E-state index contributed by atoms with van der Waals surface area (Å²) >= 11 is 0. The SMILES string of the molecule is CNCc1cnoc1C(C)C. The Morgan fingerprint density at radius 1 is 1.64 bits per heavy atom. The molecule has 0 atom stereocenters. The molecule has 0 aliphatic heterocycles. The van der Waals surface area contributed by atoms with E-state index in [-0.39, 0.29) is 0 Å². The van der Waals surface area contributed by atoms with Crippen LogP contribution in [0.4, 0.5) is 0 Å². The van der Waals surface area contributed by atoms with Gasteiger partial charge in [-0.3, -0.25) is 0 Å². The zero-order valence-electron chi connectivity index (χ0n) is 7.22. The zero-order chi connectivity index (χ0) is 8.27. The van der Waals surface area contributed by atoms with Crippen LogP contribution in [0.2, 0.25) is 0 Å². The monoisotopic (exact) mass is 154 g/mol. The van der Waals surface area contributed by atoms with Gasteiger partial charge in [0.25, 0.3) is 0 Å². The van der Waals surface area contributed by atoms with E-state index in [2.05, 4.69) is 24.3 Å². The minimum absolute atomic E-state index is 0.417. The smallest absolute Gasteiger partial charge is 0.143 e. The van der Waals surface area contributed by atoms with Gasteiger partial charge < -0.3 is 9.84 Å². The van der Waals surface area contributed by atoms with Crippen LogP contribution in [0.15, 0.2) is 10.7 Å². The lowest BCUT2D eigenvalue weighted by Crippen LogP contribution is -2.06. The van der Waals surface area contributed by atoms with Crippen molar-refractivity contribution in [3.05, 3.63) is 17.5 Å². The van der Waals surface area contributed by atoms with E-state index in [4.69, 9.17) is 4.52 Å².